The van der Waals surface area contributed by atoms with E-state index in [-0.39, 0.29) is 0 Å². The van der Waals surface area contributed by atoms with Gasteiger partial charge in [0.2, 0.25) is 5.88 Å². The summed E-state index contributed by atoms with van der Waals surface area (Å²) in [5.74, 6) is 1.74. The number of ether oxygens (including phenoxy) is 1. The maximum atomic E-state index is 5.09. The fraction of sp³-hybridized carbons (Fsp3) is 0.450. The molecule has 0 saturated heterocycles. The number of aromatic nitrogens is 4. The minimum absolute atomic E-state index is 0.527. The molecule has 1 aliphatic carbocycles. The number of nitrogens with zero attached hydrogens (tertiary/aromatic N) is 5. The molecule has 1 aromatic carbocycles. The van der Waals surface area contributed by atoms with Gasteiger partial charge < -0.3 is 9.30 Å². The largest absolute Gasteiger partial charge is 0.480 e. The van der Waals surface area contributed by atoms with Gasteiger partial charge in [-0.25, -0.2) is 4.98 Å². The highest BCUT2D eigenvalue weighted by atomic mass is 16.5. The number of hydrogen-bond acceptors (Lipinski definition) is 5. The van der Waals surface area contributed by atoms with Crippen LogP contribution in [0.5, 0.6) is 5.88 Å². The molecule has 3 aromatic rings. The van der Waals surface area contributed by atoms with Gasteiger partial charge in [-0.1, -0.05) is 12.5 Å². The molecule has 6 heteroatoms. The molecule has 26 heavy (non-hydrogen) atoms. The van der Waals surface area contributed by atoms with E-state index in [1.54, 1.807) is 7.11 Å². The third kappa shape index (κ3) is 2.65. The van der Waals surface area contributed by atoms with Gasteiger partial charge in [0.05, 0.1) is 23.8 Å². The summed E-state index contributed by atoms with van der Waals surface area (Å²) < 4.78 is 7.49. The highest BCUT2D eigenvalue weighted by Gasteiger charge is 2.27. The molecule has 1 aliphatic heterocycles. The van der Waals surface area contributed by atoms with Crippen LogP contribution in [0.25, 0.3) is 22.3 Å². The maximum absolute atomic E-state index is 5.09. The first kappa shape index (κ1) is 15.8. The molecule has 0 bridgehead atoms. The van der Waals surface area contributed by atoms with Crippen LogP contribution in [0.3, 0.4) is 0 Å². The lowest BCUT2D eigenvalue weighted by molar-refractivity contribution is 0.130. The fourth-order valence-electron chi connectivity index (χ4n) is 4.06. The lowest BCUT2D eigenvalue weighted by Crippen LogP contribution is -2.41. The monoisotopic (exact) mass is 349 g/mol. The number of methoxy groups -OCH3 is 1. The number of rotatable bonds is 3. The molecule has 2 aromatic heterocycles. The van der Waals surface area contributed by atoms with Crippen molar-refractivity contribution in [3.63, 3.8) is 0 Å². The average molecular weight is 349 g/mol. The zero-order chi connectivity index (χ0) is 17.5. The van der Waals surface area contributed by atoms with Crippen molar-refractivity contribution in [2.24, 2.45) is 0 Å². The summed E-state index contributed by atoms with van der Waals surface area (Å²) in [6.07, 6.45) is 5.17. The van der Waals surface area contributed by atoms with Gasteiger partial charge in [0, 0.05) is 43.7 Å². The van der Waals surface area contributed by atoms with E-state index in [4.69, 9.17) is 9.72 Å². The quantitative estimate of drug-likeness (QED) is 0.728. The summed E-state index contributed by atoms with van der Waals surface area (Å²) in [5, 5.41) is 8.32. The van der Waals surface area contributed by atoms with Crippen molar-refractivity contribution in [1.82, 2.24) is 24.6 Å². The van der Waals surface area contributed by atoms with Crippen molar-refractivity contribution < 1.29 is 4.74 Å². The van der Waals surface area contributed by atoms with Gasteiger partial charge in [0.15, 0.2) is 0 Å². The van der Waals surface area contributed by atoms with Crippen molar-refractivity contribution in [2.45, 2.75) is 38.3 Å². The molecule has 0 N–H and O–H groups in total. The van der Waals surface area contributed by atoms with E-state index in [1.165, 1.54) is 30.6 Å². The number of imidazole rings is 1. The Bertz CT molecular complexity index is 929. The first-order chi connectivity index (χ1) is 12.8. The molecule has 0 amide bonds. The van der Waals surface area contributed by atoms with Gasteiger partial charge >= 0.3 is 0 Å². The predicted molar refractivity (Wildman–Crippen MR) is 100 cm³/mol. The summed E-state index contributed by atoms with van der Waals surface area (Å²) in [6.45, 7) is 3.30. The van der Waals surface area contributed by atoms with Crippen LogP contribution in [-0.4, -0.2) is 50.9 Å². The van der Waals surface area contributed by atoms with Crippen molar-refractivity contribution >= 4 is 11.0 Å². The third-order valence-corrected chi connectivity index (χ3v) is 5.80. The van der Waals surface area contributed by atoms with Crippen molar-refractivity contribution in [3.05, 3.63) is 36.2 Å². The van der Waals surface area contributed by atoms with E-state index in [1.807, 2.05) is 12.1 Å². The summed E-state index contributed by atoms with van der Waals surface area (Å²) in [4.78, 5) is 7.59. The maximum Gasteiger partial charge on any atom is 0.233 e. The van der Waals surface area contributed by atoms with E-state index in [0.717, 1.165) is 48.9 Å². The normalized spacial score (nSPS) is 18.3. The summed E-state index contributed by atoms with van der Waals surface area (Å²) >= 11 is 0. The summed E-state index contributed by atoms with van der Waals surface area (Å²) in [6, 6.07) is 11.0. The second kappa shape index (κ2) is 6.36. The smallest absolute Gasteiger partial charge is 0.233 e. The molecule has 5 rings (SSSR count). The van der Waals surface area contributed by atoms with E-state index >= 15 is 0 Å². The molecule has 2 aliphatic rings. The van der Waals surface area contributed by atoms with E-state index in [0.29, 0.717) is 5.88 Å². The van der Waals surface area contributed by atoms with Gasteiger partial charge in [0.1, 0.15) is 5.82 Å². The molecule has 1 fully saturated rings. The highest BCUT2D eigenvalue weighted by Crippen LogP contribution is 2.28. The van der Waals surface area contributed by atoms with E-state index < -0.39 is 0 Å². The molecule has 0 atom stereocenters. The molecule has 1 saturated carbocycles. The predicted octanol–water partition coefficient (Wildman–Crippen LogP) is 2.91. The SMILES string of the molecule is COc1ccc(-c2ccc3c(c2)nc2n3CCN(C3CCC3)CC2)nn1. The standard InChI is InChI=1S/C20H23N5O/c1-26-20-8-6-16(22-23-20)14-5-7-18-17(13-14)21-19-9-10-24(11-12-25(18)19)15-3-2-4-15/h5-8,13,15H,2-4,9-12H2,1H3. The van der Waals surface area contributed by atoms with Crippen molar-refractivity contribution in [2.75, 3.05) is 20.2 Å². The zero-order valence-corrected chi connectivity index (χ0v) is 15.1. The van der Waals surface area contributed by atoms with Crippen LogP contribution in [0.2, 0.25) is 0 Å². The Kier molecular flexibility index (Phi) is 3.85. The molecular weight excluding hydrogens is 326 g/mol. The summed E-state index contributed by atoms with van der Waals surface area (Å²) in [5.41, 5.74) is 4.15. The first-order valence-electron chi connectivity index (χ1n) is 9.43. The first-order valence-corrected chi connectivity index (χ1v) is 9.43. The van der Waals surface area contributed by atoms with Crippen LogP contribution >= 0.6 is 0 Å². The van der Waals surface area contributed by atoms with Crippen molar-refractivity contribution in [3.8, 4) is 17.1 Å². The molecule has 0 unspecified atom stereocenters. The Morgan fingerprint density at radius 1 is 1.04 bits per heavy atom. The second-order valence-electron chi connectivity index (χ2n) is 7.21. The van der Waals surface area contributed by atoms with Crippen LogP contribution < -0.4 is 4.74 Å². The second-order valence-corrected chi connectivity index (χ2v) is 7.21. The van der Waals surface area contributed by atoms with Crippen LogP contribution in [0, 0.1) is 0 Å². The van der Waals surface area contributed by atoms with Crippen LogP contribution in [0.4, 0.5) is 0 Å². The molecule has 6 nitrogen and oxygen atoms in total. The molecule has 0 radical (unpaired) electrons. The van der Waals surface area contributed by atoms with Gasteiger partial charge in [-0.2, -0.15) is 0 Å². The lowest BCUT2D eigenvalue weighted by Gasteiger charge is -2.36. The average Bonchev–Trinajstić information content (AvgIpc) is 2.86. The van der Waals surface area contributed by atoms with Gasteiger partial charge in [-0.05, 0) is 31.0 Å². The Hall–Kier alpha value is -2.47. The number of hydrogen-bond donors (Lipinski definition) is 0. The third-order valence-electron chi connectivity index (χ3n) is 5.80. The lowest BCUT2D eigenvalue weighted by atomic mass is 9.91. The van der Waals surface area contributed by atoms with Gasteiger partial charge in [-0.3, -0.25) is 4.90 Å². The minimum atomic E-state index is 0.527. The zero-order valence-electron chi connectivity index (χ0n) is 15.1. The number of benzene rings is 1. The molecule has 0 spiro atoms. The summed E-state index contributed by atoms with van der Waals surface area (Å²) in [7, 11) is 1.60. The van der Waals surface area contributed by atoms with Crippen molar-refractivity contribution in [1.29, 1.82) is 0 Å². The Morgan fingerprint density at radius 2 is 1.96 bits per heavy atom. The van der Waals surface area contributed by atoms with Gasteiger partial charge in [-0.15, -0.1) is 10.2 Å². The van der Waals surface area contributed by atoms with Crippen LogP contribution in [0.15, 0.2) is 30.3 Å². The van der Waals surface area contributed by atoms with Gasteiger partial charge in [0.25, 0.3) is 0 Å². The number of fused-ring (bicyclic) bond motifs is 3. The minimum Gasteiger partial charge on any atom is -0.480 e. The Balaban J connectivity index is 1.44. The molecular formula is C20H23N5O. The highest BCUT2D eigenvalue weighted by molar-refractivity contribution is 5.82. The Labute approximate surface area is 152 Å². The molecule has 134 valence electrons. The Morgan fingerprint density at radius 3 is 2.69 bits per heavy atom. The van der Waals surface area contributed by atoms with Crippen LogP contribution in [-0.2, 0) is 13.0 Å². The fourth-order valence-corrected chi connectivity index (χ4v) is 4.06. The topological polar surface area (TPSA) is 56.1 Å². The van der Waals surface area contributed by atoms with E-state index in [9.17, 15) is 0 Å². The molecule has 3 heterocycles. The van der Waals surface area contributed by atoms with Crippen LogP contribution in [0.1, 0.15) is 25.1 Å². The van der Waals surface area contributed by atoms with E-state index in [2.05, 4.69) is 37.9 Å².